The molecule has 0 radical (unpaired) electrons. The van der Waals surface area contributed by atoms with Gasteiger partial charge in [0.25, 0.3) is 0 Å². The zero-order valence-electron chi connectivity index (χ0n) is 19.1. The van der Waals surface area contributed by atoms with Crippen LogP contribution in [0.5, 0.6) is 0 Å². The van der Waals surface area contributed by atoms with Crippen LogP contribution in [0, 0.1) is 0 Å². The molecule has 0 fully saturated rings. The minimum Gasteiger partial charge on any atom is -0.480 e. The fourth-order valence-electron chi connectivity index (χ4n) is 1.99. The van der Waals surface area contributed by atoms with Gasteiger partial charge in [0.15, 0.2) is 0 Å². The van der Waals surface area contributed by atoms with Crippen molar-refractivity contribution in [2.75, 3.05) is 113 Å². The van der Waals surface area contributed by atoms with Crippen molar-refractivity contribution in [1.82, 2.24) is 5.32 Å². The molecule has 12 heteroatoms. The average Bonchev–Trinajstić information content (AvgIpc) is 2.78. The standard InChI is InChI=1S/C20H39NO11/c1-25-4-5-27-8-9-29-12-13-31-16-17-32-15-14-30-11-10-28-7-6-26-3-2-19(22)21-18-20(23)24/h2-18H2,1H3,(H,21,22)(H,23,24). The third-order valence-electron chi connectivity index (χ3n) is 3.57. The first-order valence-electron chi connectivity index (χ1n) is 10.7. The third kappa shape index (κ3) is 26.7. The van der Waals surface area contributed by atoms with Gasteiger partial charge in [-0.1, -0.05) is 0 Å². The Hall–Kier alpha value is -1.38. The van der Waals surface area contributed by atoms with E-state index in [0.717, 1.165) is 0 Å². The second-order valence-corrected chi connectivity index (χ2v) is 6.20. The van der Waals surface area contributed by atoms with Crippen LogP contribution < -0.4 is 5.32 Å². The highest BCUT2D eigenvalue weighted by atomic mass is 16.6. The summed E-state index contributed by atoms with van der Waals surface area (Å²) in [6.07, 6.45) is 0.111. The van der Waals surface area contributed by atoms with Crippen molar-refractivity contribution < 1.29 is 52.6 Å². The molecule has 1 amide bonds. The van der Waals surface area contributed by atoms with Crippen LogP contribution in [0.2, 0.25) is 0 Å². The Morgan fingerprint density at radius 3 is 1.19 bits per heavy atom. The minimum atomic E-state index is -1.08. The van der Waals surface area contributed by atoms with E-state index >= 15 is 0 Å². The molecule has 32 heavy (non-hydrogen) atoms. The molecule has 0 rings (SSSR count). The predicted molar refractivity (Wildman–Crippen MR) is 113 cm³/mol. The van der Waals surface area contributed by atoms with Crippen molar-refractivity contribution in [3.05, 3.63) is 0 Å². The molecule has 0 spiro atoms. The van der Waals surface area contributed by atoms with Crippen molar-refractivity contribution >= 4 is 11.9 Å². The fraction of sp³-hybridized carbons (Fsp3) is 0.900. The van der Waals surface area contributed by atoms with Crippen LogP contribution in [0.25, 0.3) is 0 Å². The second kappa shape index (κ2) is 25.9. The quantitative estimate of drug-likeness (QED) is 0.156. The van der Waals surface area contributed by atoms with Gasteiger partial charge in [-0.2, -0.15) is 0 Å². The number of aliphatic carboxylic acids is 1. The zero-order chi connectivity index (χ0) is 23.5. The lowest BCUT2D eigenvalue weighted by atomic mass is 10.4. The molecule has 0 aliphatic carbocycles. The summed E-state index contributed by atoms with van der Waals surface area (Å²) in [7, 11) is 1.63. The van der Waals surface area contributed by atoms with E-state index in [4.69, 9.17) is 43.0 Å². The van der Waals surface area contributed by atoms with Crippen LogP contribution in [-0.2, 0) is 47.5 Å². The van der Waals surface area contributed by atoms with E-state index in [9.17, 15) is 9.59 Å². The first kappa shape index (κ1) is 30.6. The number of carbonyl (C=O) groups is 2. The molecule has 0 heterocycles. The molecule has 0 saturated heterocycles. The van der Waals surface area contributed by atoms with Gasteiger partial charge in [0.1, 0.15) is 6.54 Å². The summed E-state index contributed by atoms with van der Waals surface area (Å²) in [5, 5.41) is 10.7. The Morgan fingerprint density at radius 1 is 0.562 bits per heavy atom. The zero-order valence-corrected chi connectivity index (χ0v) is 19.1. The summed E-state index contributed by atoms with van der Waals surface area (Å²) < 4.78 is 42.2. The van der Waals surface area contributed by atoms with Gasteiger partial charge in [0.05, 0.1) is 99.1 Å². The topological polar surface area (TPSA) is 140 Å². The summed E-state index contributed by atoms with van der Waals surface area (Å²) in [4.78, 5) is 21.5. The molecule has 0 aliphatic rings. The van der Waals surface area contributed by atoms with E-state index in [1.54, 1.807) is 7.11 Å². The molecule has 0 aliphatic heterocycles. The van der Waals surface area contributed by atoms with Gasteiger partial charge in [0.2, 0.25) is 5.91 Å². The highest BCUT2D eigenvalue weighted by Crippen LogP contribution is 1.87. The molecular formula is C20H39NO11. The average molecular weight is 470 g/mol. The van der Waals surface area contributed by atoms with Crippen LogP contribution in [0.15, 0.2) is 0 Å². The highest BCUT2D eigenvalue weighted by molar-refractivity contribution is 5.81. The van der Waals surface area contributed by atoms with Gasteiger partial charge in [-0.25, -0.2) is 0 Å². The predicted octanol–water partition coefficient (Wildman–Crippen LogP) is -0.660. The number of methoxy groups -OCH3 is 1. The third-order valence-corrected chi connectivity index (χ3v) is 3.57. The van der Waals surface area contributed by atoms with Crippen LogP contribution in [0.3, 0.4) is 0 Å². The van der Waals surface area contributed by atoms with Crippen molar-refractivity contribution in [3.63, 3.8) is 0 Å². The molecule has 0 saturated carbocycles. The summed E-state index contributed by atoms with van der Waals surface area (Å²) in [5.74, 6) is -1.44. The van der Waals surface area contributed by atoms with Crippen LogP contribution in [0.4, 0.5) is 0 Å². The SMILES string of the molecule is COCCOCCOCCOCCOCCOCCOCCOCCC(=O)NCC(=O)O. The van der Waals surface area contributed by atoms with E-state index in [1.165, 1.54) is 0 Å². The van der Waals surface area contributed by atoms with Gasteiger partial charge < -0.3 is 48.3 Å². The number of rotatable bonds is 26. The summed E-state index contributed by atoms with van der Waals surface area (Å²) >= 11 is 0. The molecule has 0 unspecified atom stereocenters. The van der Waals surface area contributed by atoms with Gasteiger partial charge in [-0.15, -0.1) is 0 Å². The number of carboxylic acids is 1. The number of nitrogens with one attached hydrogen (secondary N) is 1. The molecule has 2 N–H and O–H groups in total. The number of ether oxygens (including phenoxy) is 8. The van der Waals surface area contributed by atoms with E-state index < -0.39 is 5.97 Å². The van der Waals surface area contributed by atoms with E-state index in [1.807, 2.05) is 0 Å². The lowest BCUT2D eigenvalue weighted by molar-refractivity contribution is -0.138. The highest BCUT2D eigenvalue weighted by Gasteiger charge is 2.03. The normalized spacial score (nSPS) is 11.0. The number of carbonyl (C=O) groups excluding carboxylic acids is 1. The Morgan fingerprint density at radius 2 is 0.875 bits per heavy atom. The van der Waals surface area contributed by atoms with Crippen LogP contribution in [0.1, 0.15) is 6.42 Å². The first-order valence-corrected chi connectivity index (χ1v) is 10.7. The van der Waals surface area contributed by atoms with Crippen molar-refractivity contribution in [3.8, 4) is 0 Å². The molecule has 0 atom stereocenters. The van der Waals surface area contributed by atoms with Gasteiger partial charge in [-0.3, -0.25) is 9.59 Å². The van der Waals surface area contributed by atoms with E-state index in [2.05, 4.69) is 5.32 Å². The summed E-state index contributed by atoms with van der Waals surface area (Å²) in [6, 6.07) is 0. The van der Waals surface area contributed by atoms with Crippen LogP contribution in [-0.4, -0.2) is 130 Å². The Balaban J connectivity index is 3.08. The molecule has 0 aromatic rings. The number of hydrogen-bond acceptors (Lipinski definition) is 10. The lowest BCUT2D eigenvalue weighted by Crippen LogP contribution is -2.30. The maximum atomic E-state index is 11.2. The van der Waals surface area contributed by atoms with Gasteiger partial charge >= 0.3 is 5.97 Å². The largest absolute Gasteiger partial charge is 0.480 e. The summed E-state index contributed by atoms with van der Waals surface area (Å²) in [5.41, 5.74) is 0. The Kier molecular flexibility index (Phi) is 24.8. The number of hydrogen-bond donors (Lipinski definition) is 2. The Bertz CT molecular complexity index is 426. The lowest BCUT2D eigenvalue weighted by Gasteiger charge is -2.08. The van der Waals surface area contributed by atoms with Crippen molar-refractivity contribution in [1.29, 1.82) is 0 Å². The molecule has 0 aromatic heterocycles. The van der Waals surface area contributed by atoms with Gasteiger partial charge in [0, 0.05) is 13.5 Å². The van der Waals surface area contributed by atoms with E-state index in [-0.39, 0.29) is 25.5 Å². The number of carboxylic acid groups (broad SMARTS) is 1. The fourth-order valence-corrected chi connectivity index (χ4v) is 1.99. The van der Waals surface area contributed by atoms with Crippen molar-refractivity contribution in [2.24, 2.45) is 0 Å². The van der Waals surface area contributed by atoms with Gasteiger partial charge in [-0.05, 0) is 0 Å². The van der Waals surface area contributed by atoms with Crippen LogP contribution >= 0.6 is 0 Å². The van der Waals surface area contributed by atoms with E-state index in [0.29, 0.717) is 92.5 Å². The maximum Gasteiger partial charge on any atom is 0.322 e. The second-order valence-electron chi connectivity index (χ2n) is 6.20. The minimum absolute atomic E-state index is 0.111. The first-order chi connectivity index (χ1) is 15.7. The molecule has 0 aromatic carbocycles. The van der Waals surface area contributed by atoms with Crippen molar-refractivity contribution in [2.45, 2.75) is 6.42 Å². The maximum absolute atomic E-state index is 11.2. The molecule has 12 nitrogen and oxygen atoms in total. The Labute approximate surface area is 189 Å². The summed E-state index contributed by atoms with van der Waals surface area (Å²) in [6.45, 7) is 6.65. The smallest absolute Gasteiger partial charge is 0.322 e. The number of amides is 1. The molecule has 0 bridgehead atoms. The molecular weight excluding hydrogens is 430 g/mol. The monoisotopic (exact) mass is 469 g/mol. The molecule has 190 valence electrons.